The Hall–Kier alpha value is -1.92. The molecule has 2 N–H and O–H groups in total. The standard InChI is InChI=1S/C15H16N2O3S/c18-15(19)11-3-1-5-14(17-11)16-10-6-7-20-12(9-10)13-4-2-8-21-13/h1-5,8,10,12H,6-7,9H2,(H,16,17)(H,18,19). The van der Waals surface area contributed by atoms with Gasteiger partial charge in [0.05, 0.1) is 6.10 Å². The van der Waals surface area contributed by atoms with E-state index < -0.39 is 5.97 Å². The first kappa shape index (κ1) is 14.0. The monoisotopic (exact) mass is 304 g/mol. The Morgan fingerprint density at radius 1 is 1.38 bits per heavy atom. The maximum atomic E-state index is 10.9. The molecule has 0 aliphatic carbocycles. The summed E-state index contributed by atoms with van der Waals surface area (Å²) in [4.78, 5) is 16.3. The van der Waals surface area contributed by atoms with E-state index in [0.717, 1.165) is 12.8 Å². The predicted molar refractivity (Wildman–Crippen MR) is 80.9 cm³/mol. The number of hydrogen-bond acceptors (Lipinski definition) is 5. The molecule has 0 saturated carbocycles. The highest BCUT2D eigenvalue weighted by molar-refractivity contribution is 7.10. The summed E-state index contributed by atoms with van der Waals surface area (Å²) in [5.74, 6) is -0.409. The summed E-state index contributed by atoms with van der Waals surface area (Å²) in [7, 11) is 0. The maximum Gasteiger partial charge on any atom is 0.354 e. The minimum absolute atomic E-state index is 0.0573. The van der Waals surface area contributed by atoms with Crippen molar-refractivity contribution < 1.29 is 14.6 Å². The SMILES string of the molecule is O=C(O)c1cccc(NC2CCOC(c3cccs3)C2)n1. The first-order chi connectivity index (χ1) is 10.2. The number of aromatic carboxylic acids is 1. The van der Waals surface area contributed by atoms with Crippen molar-refractivity contribution in [3.63, 3.8) is 0 Å². The molecule has 3 heterocycles. The summed E-state index contributed by atoms with van der Waals surface area (Å²) in [6, 6.07) is 9.34. The highest BCUT2D eigenvalue weighted by atomic mass is 32.1. The number of anilines is 1. The van der Waals surface area contributed by atoms with Crippen LogP contribution in [0.15, 0.2) is 35.7 Å². The third kappa shape index (κ3) is 3.40. The molecule has 2 atom stereocenters. The van der Waals surface area contributed by atoms with Crippen molar-refractivity contribution in [2.75, 3.05) is 11.9 Å². The second-order valence-electron chi connectivity index (χ2n) is 4.95. The molecule has 1 fully saturated rings. The van der Waals surface area contributed by atoms with E-state index in [1.807, 2.05) is 11.4 Å². The maximum absolute atomic E-state index is 10.9. The minimum Gasteiger partial charge on any atom is -0.477 e. The summed E-state index contributed by atoms with van der Waals surface area (Å²) in [6.45, 7) is 0.693. The van der Waals surface area contributed by atoms with Gasteiger partial charge in [0.25, 0.3) is 0 Å². The zero-order valence-electron chi connectivity index (χ0n) is 11.4. The number of carboxylic acids is 1. The molecular weight excluding hydrogens is 288 g/mol. The van der Waals surface area contributed by atoms with Crippen LogP contribution in [0.2, 0.25) is 0 Å². The zero-order valence-corrected chi connectivity index (χ0v) is 12.2. The van der Waals surface area contributed by atoms with E-state index in [2.05, 4.69) is 16.4 Å². The van der Waals surface area contributed by atoms with Crippen molar-refractivity contribution in [1.29, 1.82) is 0 Å². The van der Waals surface area contributed by atoms with Crippen molar-refractivity contribution in [2.24, 2.45) is 0 Å². The van der Waals surface area contributed by atoms with E-state index in [1.165, 1.54) is 10.9 Å². The number of thiophene rings is 1. The lowest BCUT2D eigenvalue weighted by molar-refractivity contribution is 0.0119. The largest absolute Gasteiger partial charge is 0.477 e. The number of aromatic nitrogens is 1. The van der Waals surface area contributed by atoms with Crippen LogP contribution >= 0.6 is 11.3 Å². The first-order valence-corrected chi connectivity index (χ1v) is 7.72. The molecule has 0 bridgehead atoms. The zero-order chi connectivity index (χ0) is 14.7. The van der Waals surface area contributed by atoms with Crippen molar-refractivity contribution in [3.8, 4) is 0 Å². The summed E-state index contributed by atoms with van der Waals surface area (Å²) >= 11 is 1.70. The quantitative estimate of drug-likeness (QED) is 0.907. The lowest BCUT2D eigenvalue weighted by Gasteiger charge is -2.30. The fraction of sp³-hybridized carbons (Fsp3) is 0.333. The van der Waals surface area contributed by atoms with Gasteiger partial charge in [0.15, 0.2) is 5.69 Å². The summed E-state index contributed by atoms with van der Waals surface area (Å²) in [6.07, 6.45) is 1.86. The third-order valence-electron chi connectivity index (χ3n) is 3.46. The topological polar surface area (TPSA) is 71.5 Å². The molecule has 6 heteroatoms. The van der Waals surface area contributed by atoms with Crippen LogP contribution in [0.3, 0.4) is 0 Å². The Morgan fingerprint density at radius 2 is 2.29 bits per heavy atom. The highest BCUT2D eigenvalue weighted by Gasteiger charge is 2.24. The minimum atomic E-state index is -1.01. The van der Waals surface area contributed by atoms with Gasteiger partial charge in [-0.05, 0) is 36.4 Å². The van der Waals surface area contributed by atoms with Gasteiger partial charge in [-0.1, -0.05) is 12.1 Å². The van der Waals surface area contributed by atoms with Crippen molar-refractivity contribution in [1.82, 2.24) is 4.98 Å². The van der Waals surface area contributed by atoms with Gasteiger partial charge >= 0.3 is 5.97 Å². The molecule has 21 heavy (non-hydrogen) atoms. The number of carbonyl (C=O) groups is 1. The van der Waals surface area contributed by atoms with Crippen molar-refractivity contribution in [2.45, 2.75) is 25.0 Å². The molecule has 0 radical (unpaired) electrons. The molecule has 1 saturated heterocycles. The predicted octanol–water partition coefficient (Wildman–Crippen LogP) is 3.17. The highest BCUT2D eigenvalue weighted by Crippen LogP contribution is 2.32. The van der Waals surface area contributed by atoms with Crippen LogP contribution in [0, 0.1) is 0 Å². The first-order valence-electron chi connectivity index (χ1n) is 6.84. The number of nitrogens with one attached hydrogen (secondary N) is 1. The van der Waals surface area contributed by atoms with E-state index in [9.17, 15) is 4.79 Å². The van der Waals surface area contributed by atoms with Crippen LogP contribution in [0.4, 0.5) is 5.82 Å². The van der Waals surface area contributed by atoms with E-state index in [-0.39, 0.29) is 17.8 Å². The summed E-state index contributed by atoms with van der Waals surface area (Å²) in [5.41, 5.74) is 0.0573. The molecule has 2 unspecified atom stereocenters. The molecule has 0 aromatic carbocycles. The van der Waals surface area contributed by atoms with Crippen LogP contribution < -0.4 is 5.32 Å². The second kappa shape index (κ2) is 6.24. The fourth-order valence-corrected chi connectivity index (χ4v) is 3.23. The lowest BCUT2D eigenvalue weighted by atomic mass is 10.0. The normalized spacial score (nSPS) is 21.9. The number of carboxylic acid groups (broad SMARTS) is 1. The van der Waals surface area contributed by atoms with Gasteiger partial charge in [-0.2, -0.15) is 0 Å². The van der Waals surface area contributed by atoms with E-state index in [1.54, 1.807) is 23.5 Å². The second-order valence-corrected chi connectivity index (χ2v) is 5.93. The van der Waals surface area contributed by atoms with E-state index in [0.29, 0.717) is 12.4 Å². The van der Waals surface area contributed by atoms with Crippen LogP contribution in [0.5, 0.6) is 0 Å². The number of nitrogens with zero attached hydrogens (tertiary/aromatic N) is 1. The Morgan fingerprint density at radius 3 is 3.05 bits per heavy atom. The number of rotatable bonds is 4. The molecule has 2 aromatic rings. The molecule has 110 valence electrons. The number of pyridine rings is 1. The lowest BCUT2D eigenvalue weighted by Crippen LogP contribution is -2.30. The average Bonchev–Trinajstić information content (AvgIpc) is 3.02. The van der Waals surface area contributed by atoms with E-state index in [4.69, 9.17) is 9.84 Å². The van der Waals surface area contributed by atoms with Crippen LogP contribution in [-0.4, -0.2) is 28.7 Å². The van der Waals surface area contributed by atoms with Crippen LogP contribution in [0.1, 0.15) is 34.3 Å². The molecule has 5 nitrogen and oxygen atoms in total. The van der Waals surface area contributed by atoms with E-state index >= 15 is 0 Å². The molecular formula is C15H16N2O3S. The average molecular weight is 304 g/mol. The van der Waals surface area contributed by atoms with Gasteiger partial charge in [0.1, 0.15) is 5.82 Å². The van der Waals surface area contributed by atoms with Crippen LogP contribution in [0.25, 0.3) is 0 Å². The molecule has 3 rings (SSSR count). The smallest absolute Gasteiger partial charge is 0.354 e. The summed E-state index contributed by atoms with van der Waals surface area (Å²) in [5, 5.41) is 14.3. The van der Waals surface area contributed by atoms with Gasteiger partial charge in [0, 0.05) is 17.5 Å². The fourth-order valence-electron chi connectivity index (χ4n) is 2.44. The summed E-state index contributed by atoms with van der Waals surface area (Å²) < 4.78 is 5.81. The molecule has 1 aliphatic rings. The van der Waals surface area contributed by atoms with Crippen molar-refractivity contribution >= 4 is 23.1 Å². The molecule has 1 aliphatic heterocycles. The van der Waals surface area contributed by atoms with Gasteiger partial charge in [-0.15, -0.1) is 11.3 Å². The van der Waals surface area contributed by atoms with Crippen LogP contribution in [-0.2, 0) is 4.74 Å². The number of hydrogen-bond donors (Lipinski definition) is 2. The molecule has 2 aromatic heterocycles. The van der Waals surface area contributed by atoms with Gasteiger partial charge < -0.3 is 15.2 Å². The molecule has 0 amide bonds. The van der Waals surface area contributed by atoms with Gasteiger partial charge in [-0.25, -0.2) is 9.78 Å². The van der Waals surface area contributed by atoms with Gasteiger partial charge in [-0.3, -0.25) is 0 Å². The van der Waals surface area contributed by atoms with Gasteiger partial charge in [0.2, 0.25) is 0 Å². The number of ether oxygens (including phenoxy) is 1. The van der Waals surface area contributed by atoms with Crippen molar-refractivity contribution in [3.05, 3.63) is 46.3 Å². The Bertz CT molecular complexity index is 615. The Balaban J connectivity index is 1.67. The Kier molecular flexibility index (Phi) is 4.17. The third-order valence-corrected chi connectivity index (χ3v) is 4.43. The molecule has 0 spiro atoms. The Labute approximate surface area is 126 Å².